The van der Waals surface area contributed by atoms with Gasteiger partial charge in [0.25, 0.3) is 0 Å². The number of aromatic amines is 1. The average Bonchev–Trinajstić information content (AvgIpc) is 3.56. The lowest BCUT2D eigenvalue weighted by Gasteiger charge is -2.22. The second-order valence-electron chi connectivity index (χ2n) is 15.0. The van der Waals surface area contributed by atoms with Gasteiger partial charge in [-0.3, -0.25) is 19.2 Å². The number of fused-ring (bicyclic) bond motifs is 1. The van der Waals surface area contributed by atoms with Crippen LogP contribution in [0.5, 0.6) is 5.75 Å². The number of nitrogens with one attached hydrogen (secondary N) is 3. The monoisotopic (exact) mass is 907 g/mol. The maximum absolute atomic E-state index is 13.2. The van der Waals surface area contributed by atoms with Gasteiger partial charge in [0.1, 0.15) is 22.6 Å². The Labute approximate surface area is 362 Å². The van der Waals surface area contributed by atoms with Gasteiger partial charge >= 0.3 is 16.4 Å². The van der Waals surface area contributed by atoms with Gasteiger partial charge in [-0.15, -0.1) is 11.3 Å². The maximum atomic E-state index is 13.2. The summed E-state index contributed by atoms with van der Waals surface area (Å²) >= 11 is 1.52. The standard InChI is InChI=1S/C15H14N2O2S.C14H15F4N3O2.C13H24N2O3S/c1-8-7-20-15(16-8)11-6-12(18)10-4-5-13(19-3)9(2)14(10)17-11;15-10-4-3-8(6-9(10)14(16,17)18)20-7-12(22)21-5-1-2-11(21)13(19)23;1-4-5-6-7-8-9-11-10-12(11)13(16)14-19(17,18)15(2)3/h4-7H,1-3H3,(H,17,18);3-4,6,11,20H,1-2,5,7H2,(H2,19,23);8-9,11-12H,4-7,10H2,1-3H3,(H,14,16)/b;;9-8-/t;;11?,12-/m..0/s1. The Bertz CT molecular complexity index is 2420. The first-order valence-corrected chi connectivity index (χ1v) is 22.2. The predicted octanol–water partition coefficient (Wildman–Crippen LogP) is 6.69. The fraction of sp³-hybridized carbons (Fsp3) is 0.452. The number of halogens is 4. The third-order valence-corrected chi connectivity index (χ3v) is 12.6. The quantitative estimate of drug-likeness (QED) is 0.0605. The number of anilines is 1. The first-order valence-electron chi connectivity index (χ1n) is 19.9. The van der Waals surface area contributed by atoms with E-state index >= 15 is 0 Å². The van der Waals surface area contributed by atoms with E-state index in [-0.39, 0.29) is 29.5 Å². The molecule has 4 aromatic rings. The van der Waals surface area contributed by atoms with Crippen LogP contribution < -0.4 is 25.9 Å². The van der Waals surface area contributed by atoms with Crippen molar-refractivity contribution < 1.29 is 45.1 Å². The summed E-state index contributed by atoms with van der Waals surface area (Å²) < 4.78 is 82.4. The van der Waals surface area contributed by atoms with Crippen LogP contribution in [-0.4, -0.2) is 85.6 Å². The average molecular weight is 908 g/mol. The molecule has 2 aliphatic rings. The van der Waals surface area contributed by atoms with Crippen molar-refractivity contribution in [3.8, 4) is 16.5 Å². The molecule has 0 bridgehead atoms. The highest BCUT2D eigenvalue weighted by Crippen LogP contribution is 2.40. The van der Waals surface area contributed by atoms with Crippen molar-refractivity contribution in [1.29, 1.82) is 0 Å². The molecule has 1 aliphatic heterocycles. The van der Waals surface area contributed by atoms with Gasteiger partial charge in [0.05, 0.1) is 30.4 Å². The normalized spacial score (nSPS) is 17.3. The Morgan fingerprint density at radius 3 is 2.47 bits per heavy atom. The van der Waals surface area contributed by atoms with E-state index in [0.29, 0.717) is 36.9 Å². The molecule has 14 nitrogen and oxygen atoms in total. The number of amides is 3. The fourth-order valence-corrected chi connectivity index (χ4v) is 7.91. The molecule has 6 rings (SSSR count). The minimum Gasteiger partial charge on any atom is -0.496 e. The fourth-order valence-electron chi connectivity index (χ4n) is 6.55. The summed E-state index contributed by atoms with van der Waals surface area (Å²) in [4.78, 5) is 56.3. The van der Waals surface area contributed by atoms with Crippen LogP contribution in [0.15, 0.2) is 58.7 Å². The molecule has 2 aromatic heterocycles. The van der Waals surface area contributed by atoms with Gasteiger partial charge in [-0.2, -0.15) is 25.9 Å². The molecule has 3 atom stereocenters. The number of alkyl halides is 3. The number of nitrogens with zero attached hydrogens (tertiary/aromatic N) is 3. The minimum absolute atomic E-state index is 0.00708. The number of aryl methyl sites for hydroxylation is 2. The van der Waals surface area contributed by atoms with E-state index in [0.717, 1.165) is 56.4 Å². The van der Waals surface area contributed by atoms with Crippen LogP contribution in [0.25, 0.3) is 21.6 Å². The van der Waals surface area contributed by atoms with Crippen LogP contribution in [0, 0.1) is 31.5 Å². The Hall–Kier alpha value is -5.34. The molecular formula is C42H53F4N7O7S2. The number of benzene rings is 2. The number of primary amides is 1. The summed E-state index contributed by atoms with van der Waals surface area (Å²) in [6, 6.07) is 6.90. The van der Waals surface area contributed by atoms with Crippen LogP contribution in [0.4, 0.5) is 23.2 Å². The molecule has 2 fully saturated rings. The van der Waals surface area contributed by atoms with Gasteiger partial charge in [0, 0.05) is 60.3 Å². The summed E-state index contributed by atoms with van der Waals surface area (Å²) in [6.45, 7) is 6.09. The van der Waals surface area contributed by atoms with Gasteiger partial charge in [0.2, 0.25) is 17.7 Å². The highest BCUT2D eigenvalue weighted by molar-refractivity contribution is 7.87. The van der Waals surface area contributed by atoms with E-state index in [1.807, 2.05) is 31.4 Å². The molecular weight excluding hydrogens is 855 g/mol. The number of pyridine rings is 1. The van der Waals surface area contributed by atoms with Crippen molar-refractivity contribution >= 4 is 55.9 Å². The lowest BCUT2D eigenvalue weighted by atomic mass is 10.1. The summed E-state index contributed by atoms with van der Waals surface area (Å²) in [5.74, 6) is -2.06. The smallest absolute Gasteiger partial charge is 0.419 e. The summed E-state index contributed by atoms with van der Waals surface area (Å²) in [6.07, 6.45) is 5.81. The number of methoxy groups -OCH3 is 1. The molecule has 2 unspecified atom stereocenters. The Morgan fingerprint density at radius 2 is 1.85 bits per heavy atom. The molecule has 1 saturated carbocycles. The molecule has 5 N–H and O–H groups in total. The Morgan fingerprint density at radius 1 is 1.13 bits per heavy atom. The molecule has 1 saturated heterocycles. The number of H-pyrrole nitrogens is 1. The Balaban J connectivity index is 0.000000206. The minimum atomic E-state index is -4.82. The maximum Gasteiger partial charge on any atom is 0.419 e. The molecule has 1 aliphatic carbocycles. The zero-order chi connectivity index (χ0) is 45.9. The van der Waals surface area contributed by atoms with Gasteiger partial charge in [-0.05, 0) is 82.2 Å². The number of aromatic nitrogens is 2. The van der Waals surface area contributed by atoms with Crippen molar-refractivity contribution in [3.63, 3.8) is 0 Å². The number of hydrogen-bond acceptors (Lipinski definition) is 10. The number of unbranched alkanes of at least 4 members (excludes halogenated alkanes) is 3. The number of likely N-dealkylation sites (tertiary alicyclic amines) is 1. The van der Waals surface area contributed by atoms with E-state index in [1.54, 1.807) is 19.2 Å². The summed E-state index contributed by atoms with van der Waals surface area (Å²) in [5, 5.41) is 5.97. The molecule has 3 heterocycles. The number of allylic oxidation sites excluding steroid dienone is 2. The second-order valence-corrected chi connectivity index (χ2v) is 17.8. The number of carbonyl (C=O) groups is 3. The predicted molar refractivity (Wildman–Crippen MR) is 231 cm³/mol. The molecule has 338 valence electrons. The van der Waals surface area contributed by atoms with Gasteiger partial charge in [-0.1, -0.05) is 31.9 Å². The number of ether oxygens (including phenoxy) is 1. The Kier molecular flexibility index (Phi) is 17.2. The third-order valence-electron chi connectivity index (χ3n) is 10.1. The van der Waals surface area contributed by atoms with Crippen LogP contribution in [0.3, 0.4) is 0 Å². The lowest BCUT2D eigenvalue weighted by molar-refractivity contribution is -0.140. The number of hydrogen-bond donors (Lipinski definition) is 4. The SMILES string of the molecule is CCCCC/C=C\C1C[C@@H]1C(=O)NS(=O)(=O)N(C)C.COc1ccc2c(=O)cc(-c3nc(C)cs3)[nH]c2c1C.NC(=O)C1CCCN1C(=O)CNc1ccc(F)c(C(F)(F)F)c1. The summed E-state index contributed by atoms with van der Waals surface area (Å²) in [7, 11) is 0.770. The van der Waals surface area contributed by atoms with Crippen LogP contribution in [-0.2, 0) is 30.8 Å². The van der Waals surface area contributed by atoms with E-state index in [1.165, 1.54) is 49.6 Å². The molecule has 2 aromatic carbocycles. The highest BCUT2D eigenvalue weighted by atomic mass is 32.2. The van der Waals surface area contributed by atoms with Crippen molar-refractivity contribution in [2.75, 3.05) is 39.6 Å². The van der Waals surface area contributed by atoms with Crippen LogP contribution in [0.1, 0.15) is 68.7 Å². The third kappa shape index (κ3) is 13.3. The number of thiazole rings is 1. The molecule has 3 amide bonds. The first kappa shape index (κ1) is 49.3. The van der Waals surface area contributed by atoms with Gasteiger partial charge in [-0.25, -0.2) is 14.1 Å². The molecule has 0 radical (unpaired) electrons. The van der Waals surface area contributed by atoms with Crippen molar-refractivity contribution in [2.45, 2.75) is 77.9 Å². The second kappa shape index (κ2) is 21.6. The van der Waals surface area contributed by atoms with Gasteiger partial charge < -0.3 is 25.7 Å². The van der Waals surface area contributed by atoms with Crippen LogP contribution in [0.2, 0.25) is 0 Å². The van der Waals surface area contributed by atoms with E-state index in [4.69, 9.17) is 10.5 Å². The zero-order valence-corrected chi connectivity index (χ0v) is 37.0. The first-order chi connectivity index (χ1) is 29.2. The molecule has 62 heavy (non-hydrogen) atoms. The molecule has 0 spiro atoms. The number of nitrogens with two attached hydrogens (primary N) is 1. The largest absolute Gasteiger partial charge is 0.496 e. The van der Waals surface area contributed by atoms with Crippen molar-refractivity contribution in [2.24, 2.45) is 17.6 Å². The van der Waals surface area contributed by atoms with E-state index in [9.17, 15) is 45.2 Å². The molecule has 20 heteroatoms. The highest BCUT2D eigenvalue weighted by Gasteiger charge is 2.42. The van der Waals surface area contributed by atoms with Gasteiger partial charge in [0.15, 0.2) is 5.43 Å². The van der Waals surface area contributed by atoms with E-state index in [2.05, 4.69) is 33.0 Å². The number of rotatable bonds is 14. The lowest BCUT2D eigenvalue weighted by Crippen LogP contribution is -2.45. The van der Waals surface area contributed by atoms with Crippen LogP contribution >= 0.6 is 11.3 Å². The zero-order valence-electron chi connectivity index (χ0n) is 35.4. The topological polar surface area (TPSA) is 197 Å². The number of carbonyl (C=O) groups excluding carboxylic acids is 3. The summed E-state index contributed by atoms with van der Waals surface area (Å²) in [5.41, 5.74) is 7.17. The van der Waals surface area contributed by atoms with Crippen molar-refractivity contribution in [3.05, 3.63) is 86.8 Å². The van der Waals surface area contributed by atoms with E-state index < -0.39 is 51.5 Å². The van der Waals surface area contributed by atoms with Crippen molar-refractivity contribution in [1.82, 2.24) is 23.9 Å².